The van der Waals surface area contributed by atoms with Gasteiger partial charge in [0.15, 0.2) is 0 Å². The highest BCUT2D eigenvalue weighted by Gasteiger charge is 2.31. The number of amides is 1. The minimum atomic E-state index is -0.596. The van der Waals surface area contributed by atoms with Gasteiger partial charge in [0.05, 0.1) is 6.10 Å². The van der Waals surface area contributed by atoms with Crippen LogP contribution >= 0.6 is 0 Å². The summed E-state index contributed by atoms with van der Waals surface area (Å²) in [5.74, 6) is -0.720. The number of carbonyl (C=O) groups excluding carboxylic acids is 2. The SMILES string of the molecule is CCCC(NC(=O)[C@H]1CCC[C@@H](O)C1)C(=O)OC(C)(C)C. The molecule has 21 heavy (non-hydrogen) atoms. The van der Waals surface area contributed by atoms with Crippen LogP contribution in [0.2, 0.25) is 0 Å². The molecule has 1 saturated carbocycles. The number of aliphatic hydroxyl groups is 1. The Bertz CT molecular complexity index is 362. The van der Waals surface area contributed by atoms with Crippen LogP contribution in [0.1, 0.15) is 66.2 Å². The Morgan fingerprint density at radius 1 is 1.33 bits per heavy atom. The summed E-state index contributed by atoms with van der Waals surface area (Å²) in [7, 11) is 0. The van der Waals surface area contributed by atoms with E-state index < -0.39 is 17.7 Å². The summed E-state index contributed by atoms with van der Waals surface area (Å²) in [6.45, 7) is 7.40. The van der Waals surface area contributed by atoms with Crippen LogP contribution in [0.4, 0.5) is 0 Å². The highest BCUT2D eigenvalue weighted by Crippen LogP contribution is 2.24. The Hall–Kier alpha value is -1.10. The van der Waals surface area contributed by atoms with Crippen molar-refractivity contribution in [3.63, 3.8) is 0 Å². The molecule has 0 saturated heterocycles. The fourth-order valence-electron chi connectivity index (χ4n) is 2.60. The Morgan fingerprint density at radius 2 is 2.00 bits per heavy atom. The lowest BCUT2D eigenvalue weighted by molar-refractivity contribution is -0.159. The number of esters is 1. The van der Waals surface area contributed by atoms with E-state index in [0.29, 0.717) is 12.8 Å². The van der Waals surface area contributed by atoms with Crippen molar-refractivity contribution < 1.29 is 19.4 Å². The zero-order chi connectivity index (χ0) is 16.0. The van der Waals surface area contributed by atoms with E-state index in [1.165, 1.54) is 0 Å². The zero-order valence-corrected chi connectivity index (χ0v) is 13.6. The number of carbonyl (C=O) groups is 2. The fourth-order valence-corrected chi connectivity index (χ4v) is 2.60. The van der Waals surface area contributed by atoms with Crippen LogP contribution in [0.5, 0.6) is 0 Å². The molecule has 2 N–H and O–H groups in total. The smallest absolute Gasteiger partial charge is 0.329 e. The standard InChI is InChI=1S/C16H29NO4/c1-5-7-13(15(20)21-16(2,3)4)17-14(19)11-8-6-9-12(18)10-11/h11-13,18H,5-10H2,1-4H3,(H,17,19)/t11-,12+,13?/m0/s1. The lowest BCUT2D eigenvalue weighted by atomic mass is 9.86. The van der Waals surface area contributed by atoms with Crippen molar-refractivity contribution in [3.05, 3.63) is 0 Å². The van der Waals surface area contributed by atoms with E-state index in [2.05, 4.69) is 5.32 Å². The summed E-state index contributed by atoms with van der Waals surface area (Å²) in [4.78, 5) is 24.4. The zero-order valence-electron chi connectivity index (χ0n) is 13.6. The highest BCUT2D eigenvalue weighted by atomic mass is 16.6. The number of hydrogen-bond donors (Lipinski definition) is 2. The Kier molecular flexibility index (Phi) is 6.65. The molecule has 0 heterocycles. The summed E-state index contributed by atoms with van der Waals surface area (Å²) < 4.78 is 5.36. The number of ether oxygens (including phenoxy) is 1. The molecular weight excluding hydrogens is 270 g/mol. The minimum Gasteiger partial charge on any atom is -0.458 e. The van der Waals surface area contributed by atoms with Crippen LogP contribution < -0.4 is 5.32 Å². The first-order chi connectivity index (χ1) is 9.73. The molecule has 1 fully saturated rings. The number of aliphatic hydroxyl groups excluding tert-OH is 1. The van der Waals surface area contributed by atoms with E-state index in [-0.39, 0.29) is 17.8 Å². The van der Waals surface area contributed by atoms with Crippen molar-refractivity contribution in [2.45, 2.75) is 84.0 Å². The molecule has 0 aliphatic heterocycles. The maximum Gasteiger partial charge on any atom is 0.329 e. The Balaban J connectivity index is 2.60. The van der Waals surface area contributed by atoms with E-state index >= 15 is 0 Å². The van der Waals surface area contributed by atoms with E-state index in [1.54, 1.807) is 0 Å². The maximum absolute atomic E-state index is 12.3. The molecule has 1 aliphatic rings. The summed E-state index contributed by atoms with van der Waals surface area (Å²) in [5.41, 5.74) is -0.561. The van der Waals surface area contributed by atoms with Crippen molar-refractivity contribution in [2.75, 3.05) is 0 Å². The lowest BCUT2D eigenvalue weighted by Crippen LogP contribution is -2.47. The van der Waals surface area contributed by atoms with Gasteiger partial charge in [-0.1, -0.05) is 19.8 Å². The molecule has 122 valence electrons. The van der Waals surface area contributed by atoms with Gasteiger partial charge in [-0.25, -0.2) is 4.79 Å². The average Bonchev–Trinajstić information content (AvgIpc) is 2.36. The molecule has 0 aromatic carbocycles. The molecular formula is C16H29NO4. The monoisotopic (exact) mass is 299 g/mol. The summed E-state index contributed by atoms with van der Waals surface area (Å²) in [5, 5.41) is 12.5. The second-order valence-corrected chi connectivity index (χ2v) is 6.90. The largest absolute Gasteiger partial charge is 0.458 e. The Labute approximate surface area is 127 Å². The van der Waals surface area contributed by atoms with Crippen molar-refractivity contribution in [2.24, 2.45) is 5.92 Å². The molecule has 1 aliphatic carbocycles. The third-order valence-corrected chi connectivity index (χ3v) is 3.60. The van der Waals surface area contributed by atoms with Gasteiger partial charge in [0.2, 0.25) is 5.91 Å². The van der Waals surface area contributed by atoms with Crippen molar-refractivity contribution in [1.29, 1.82) is 0 Å². The van der Waals surface area contributed by atoms with Crippen molar-refractivity contribution in [3.8, 4) is 0 Å². The second-order valence-electron chi connectivity index (χ2n) is 6.90. The minimum absolute atomic E-state index is 0.141. The molecule has 0 bridgehead atoms. The Morgan fingerprint density at radius 3 is 2.52 bits per heavy atom. The maximum atomic E-state index is 12.3. The quantitative estimate of drug-likeness (QED) is 0.763. The predicted molar refractivity (Wildman–Crippen MR) is 80.6 cm³/mol. The predicted octanol–water partition coefficient (Wildman–Crippen LogP) is 2.16. The first kappa shape index (κ1) is 18.0. The molecule has 5 heteroatoms. The van der Waals surface area contributed by atoms with Crippen LogP contribution in [0.3, 0.4) is 0 Å². The summed E-state index contributed by atoms with van der Waals surface area (Å²) in [6.07, 6.45) is 3.82. The molecule has 3 atom stereocenters. The first-order valence-corrected chi connectivity index (χ1v) is 7.94. The summed E-state index contributed by atoms with van der Waals surface area (Å²) in [6, 6.07) is -0.596. The fraction of sp³-hybridized carbons (Fsp3) is 0.875. The van der Waals surface area contributed by atoms with Crippen LogP contribution in [0, 0.1) is 5.92 Å². The van der Waals surface area contributed by atoms with Gasteiger partial charge in [-0.2, -0.15) is 0 Å². The molecule has 0 radical (unpaired) electrons. The van der Waals surface area contributed by atoms with Gasteiger partial charge in [-0.3, -0.25) is 4.79 Å². The number of rotatable bonds is 5. The topological polar surface area (TPSA) is 75.6 Å². The molecule has 1 rings (SSSR count). The van der Waals surface area contributed by atoms with Crippen LogP contribution in [0.25, 0.3) is 0 Å². The number of nitrogens with one attached hydrogen (secondary N) is 1. The van der Waals surface area contributed by atoms with Gasteiger partial charge in [0.1, 0.15) is 11.6 Å². The van der Waals surface area contributed by atoms with E-state index in [9.17, 15) is 14.7 Å². The molecule has 5 nitrogen and oxygen atoms in total. The van der Waals surface area contributed by atoms with Gasteiger partial charge in [0.25, 0.3) is 0 Å². The molecule has 0 aromatic rings. The normalized spacial score (nSPS) is 24.2. The van der Waals surface area contributed by atoms with Crippen LogP contribution in [0.15, 0.2) is 0 Å². The summed E-state index contributed by atoms with van der Waals surface area (Å²) >= 11 is 0. The number of hydrogen-bond acceptors (Lipinski definition) is 4. The van der Waals surface area contributed by atoms with Crippen LogP contribution in [-0.2, 0) is 14.3 Å². The average molecular weight is 299 g/mol. The highest BCUT2D eigenvalue weighted by molar-refractivity contribution is 5.86. The van der Waals surface area contributed by atoms with Gasteiger partial charge >= 0.3 is 5.97 Å². The van der Waals surface area contributed by atoms with Crippen LogP contribution in [-0.4, -0.2) is 34.7 Å². The van der Waals surface area contributed by atoms with Gasteiger partial charge < -0.3 is 15.2 Å². The van der Waals surface area contributed by atoms with E-state index in [1.807, 2.05) is 27.7 Å². The third-order valence-electron chi connectivity index (χ3n) is 3.60. The third kappa shape index (κ3) is 6.46. The van der Waals surface area contributed by atoms with E-state index in [4.69, 9.17) is 4.74 Å². The van der Waals surface area contributed by atoms with Crippen molar-refractivity contribution in [1.82, 2.24) is 5.32 Å². The van der Waals surface area contributed by atoms with Gasteiger partial charge in [-0.05, 0) is 46.5 Å². The van der Waals surface area contributed by atoms with Gasteiger partial charge in [0, 0.05) is 5.92 Å². The molecule has 0 spiro atoms. The molecule has 0 aromatic heterocycles. The lowest BCUT2D eigenvalue weighted by Gasteiger charge is -2.28. The van der Waals surface area contributed by atoms with Crippen molar-refractivity contribution >= 4 is 11.9 Å². The molecule has 1 unspecified atom stereocenters. The molecule has 1 amide bonds. The first-order valence-electron chi connectivity index (χ1n) is 7.94. The van der Waals surface area contributed by atoms with E-state index in [0.717, 1.165) is 25.7 Å². The van der Waals surface area contributed by atoms with Gasteiger partial charge in [-0.15, -0.1) is 0 Å². The second kappa shape index (κ2) is 7.78.